The minimum absolute atomic E-state index is 0.0533. The van der Waals surface area contributed by atoms with Crippen LogP contribution in [0.4, 0.5) is 10.5 Å². The third-order valence-corrected chi connectivity index (χ3v) is 5.53. The van der Waals surface area contributed by atoms with Gasteiger partial charge in [-0.2, -0.15) is 0 Å². The molecule has 29 heavy (non-hydrogen) atoms. The Morgan fingerprint density at radius 1 is 1.17 bits per heavy atom. The quantitative estimate of drug-likeness (QED) is 0.754. The lowest BCUT2D eigenvalue weighted by Crippen LogP contribution is -2.48. The van der Waals surface area contributed by atoms with E-state index in [0.29, 0.717) is 37.0 Å². The van der Waals surface area contributed by atoms with Crippen LogP contribution in [0.25, 0.3) is 0 Å². The van der Waals surface area contributed by atoms with Crippen LogP contribution in [0, 0.1) is 0 Å². The molecule has 1 unspecified atom stereocenters. The van der Waals surface area contributed by atoms with Crippen LogP contribution in [0.1, 0.15) is 12.8 Å². The molecule has 3 heterocycles. The van der Waals surface area contributed by atoms with Gasteiger partial charge in [-0.05, 0) is 25.0 Å². The topological polar surface area (TPSA) is 66.0 Å². The summed E-state index contributed by atoms with van der Waals surface area (Å²) >= 11 is 6.12. The van der Waals surface area contributed by atoms with Crippen LogP contribution < -0.4 is 9.64 Å². The number of halogens is 1. The highest BCUT2D eigenvalue weighted by atomic mass is 35.5. The molecule has 0 N–H and O–H groups in total. The van der Waals surface area contributed by atoms with Crippen molar-refractivity contribution in [2.45, 2.75) is 18.9 Å². The van der Waals surface area contributed by atoms with E-state index in [-0.39, 0.29) is 24.6 Å². The molecule has 0 spiro atoms. The monoisotopic (exact) mass is 414 g/mol. The number of benzene rings is 1. The first-order valence-corrected chi connectivity index (χ1v) is 10.1. The Labute approximate surface area is 174 Å². The van der Waals surface area contributed by atoms with Crippen LogP contribution in [0.2, 0.25) is 5.02 Å². The van der Waals surface area contributed by atoms with E-state index in [1.807, 2.05) is 30.3 Å². The van der Waals surface area contributed by atoms with Gasteiger partial charge >= 0.3 is 6.03 Å². The Morgan fingerprint density at radius 2 is 2.00 bits per heavy atom. The Bertz CT molecular complexity index is 879. The molecule has 1 atom stereocenters. The molecule has 4 rings (SSSR count). The van der Waals surface area contributed by atoms with Crippen molar-refractivity contribution in [1.82, 2.24) is 14.8 Å². The van der Waals surface area contributed by atoms with Gasteiger partial charge in [0.05, 0.1) is 6.54 Å². The molecular formula is C21H23ClN4O3. The third-order valence-electron chi connectivity index (χ3n) is 5.25. The smallest absolute Gasteiger partial charge is 0.325 e. The number of likely N-dealkylation sites (tertiary alicyclic amines) is 1. The molecule has 2 saturated heterocycles. The maximum absolute atomic E-state index is 12.8. The van der Waals surface area contributed by atoms with Gasteiger partial charge in [0.15, 0.2) is 0 Å². The molecule has 0 saturated carbocycles. The molecule has 2 aliphatic heterocycles. The van der Waals surface area contributed by atoms with E-state index in [9.17, 15) is 9.59 Å². The fraction of sp³-hybridized carbons (Fsp3) is 0.381. The molecule has 2 aliphatic rings. The van der Waals surface area contributed by atoms with Crippen molar-refractivity contribution >= 4 is 29.2 Å². The summed E-state index contributed by atoms with van der Waals surface area (Å²) in [6, 6.07) is 11.1. The standard InChI is InChI=1S/C21H23ClN4O3/c22-18-13-23-9-8-19(18)29-17-7-4-10-24(14-17)20(27)15-25-11-12-26(21(25)28)16-5-2-1-3-6-16/h1-3,5-6,8-9,13,17H,4,7,10-12,14-15H2. The molecule has 7 nitrogen and oxygen atoms in total. The van der Waals surface area contributed by atoms with Gasteiger partial charge in [0.1, 0.15) is 23.4 Å². The summed E-state index contributed by atoms with van der Waals surface area (Å²) in [4.78, 5) is 34.6. The van der Waals surface area contributed by atoms with Crippen LogP contribution in [0.5, 0.6) is 5.75 Å². The summed E-state index contributed by atoms with van der Waals surface area (Å²) < 4.78 is 5.98. The fourth-order valence-corrected chi connectivity index (χ4v) is 3.90. The first-order chi connectivity index (χ1) is 14.1. The summed E-state index contributed by atoms with van der Waals surface area (Å²) in [5.74, 6) is 0.525. The van der Waals surface area contributed by atoms with E-state index in [0.717, 1.165) is 18.5 Å². The number of hydrogen-bond donors (Lipinski definition) is 0. The second-order valence-electron chi connectivity index (χ2n) is 7.22. The summed E-state index contributed by atoms with van der Waals surface area (Å²) in [7, 11) is 0. The van der Waals surface area contributed by atoms with Gasteiger partial charge in [-0.15, -0.1) is 0 Å². The predicted molar refractivity (Wildman–Crippen MR) is 110 cm³/mol. The molecule has 3 amide bonds. The van der Waals surface area contributed by atoms with E-state index in [1.54, 1.807) is 33.2 Å². The molecule has 152 valence electrons. The Balaban J connectivity index is 1.34. The largest absolute Gasteiger partial charge is 0.487 e. The highest BCUT2D eigenvalue weighted by Crippen LogP contribution is 2.26. The fourth-order valence-electron chi connectivity index (χ4n) is 3.74. The lowest BCUT2D eigenvalue weighted by atomic mass is 10.1. The number of pyridine rings is 1. The first-order valence-electron chi connectivity index (χ1n) is 9.77. The number of aromatic nitrogens is 1. The van der Waals surface area contributed by atoms with Gasteiger partial charge in [-0.3, -0.25) is 14.7 Å². The SMILES string of the molecule is O=C(CN1CCN(c2ccccc2)C1=O)N1CCCC(Oc2ccncc2Cl)C1. The summed E-state index contributed by atoms with van der Waals surface area (Å²) in [5.41, 5.74) is 0.855. The maximum Gasteiger partial charge on any atom is 0.325 e. The third kappa shape index (κ3) is 4.45. The number of nitrogens with zero attached hydrogens (tertiary/aromatic N) is 4. The maximum atomic E-state index is 12.8. The minimum atomic E-state index is -0.127. The number of rotatable bonds is 5. The van der Waals surface area contributed by atoms with Crippen LogP contribution in [0.3, 0.4) is 0 Å². The van der Waals surface area contributed by atoms with Crippen LogP contribution in [-0.2, 0) is 4.79 Å². The molecular weight excluding hydrogens is 392 g/mol. The van der Waals surface area contributed by atoms with Crippen molar-refractivity contribution in [2.75, 3.05) is 37.6 Å². The van der Waals surface area contributed by atoms with Crippen molar-refractivity contribution in [1.29, 1.82) is 0 Å². The molecule has 0 radical (unpaired) electrons. The average Bonchev–Trinajstić information content (AvgIpc) is 3.11. The zero-order valence-corrected chi connectivity index (χ0v) is 16.8. The van der Waals surface area contributed by atoms with Gasteiger partial charge < -0.3 is 14.5 Å². The minimum Gasteiger partial charge on any atom is -0.487 e. The summed E-state index contributed by atoms with van der Waals surface area (Å²) in [6.07, 6.45) is 4.75. The van der Waals surface area contributed by atoms with E-state index in [2.05, 4.69) is 4.98 Å². The molecule has 2 fully saturated rings. The Kier molecular flexibility index (Phi) is 5.85. The van der Waals surface area contributed by atoms with Gasteiger partial charge in [0.2, 0.25) is 5.91 Å². The zero-order valence-electron chi connectivity index (χ0n) is 16.0. The number of piperidine rings is 1. The van der Waals surface area contributed by atoms with E-state index >= 15 is 0 Å². The van der Waals surface area contributed by atoms with Crippen molar-refractivity contribution < 1.29 is 14.3 Å². The Morgan fingerprint density at radius 3 is 2.79 bits per heavy atom. The molecule has 1 aromatic carbocycles. The van der Waals surface area contributed by atoms with Gasteiger partial charge in [-0.25, -0.2) is 4.79 Å². The van der Waals surface area contributed by atoms with Crippen molar-refractivity contribution in [3.63, 3.8) is 0 Å². The van der Waals surface area contributed by atoms with Crippen LogP contribution in [0.15, 0.2) is 48.8 Å². The molecule has 0 aliphatic carbocycles. The predicted octanol–water partition coefficient (Wildman–Crippen LogP) is 3.05. The highest BCUT2D eigenvalue weighted by molar-refractivity contribution is 6.31. The average molecular weight is 415 g/mol. The number of amides is 3. The number of para-hydroxylation sites is 1. The lowest BCUT2D eigenvalue weighted by molar-refractivity contribution is -0.134. The highest BCUT2D eigenvalue weighted by Gasteiger charge is 2.33. The van der Waals surface area contributed by atoms with Gasteiger partial charge in [-0.1, -0.05) is 29.8 Å². The summed E-state index contributed by atoms with van der Waals surface area (Å²) in [6.45, 7) is 2.38. The van der Waals surface area contributed by atoms with Gasteiger partial charge in [0, 0.05) is 43.8 Å². The first kappa shape index (κ1) is 19.5. The van der Waals surface area contributed by atoms with E-state index in [1.165, 1.54) is 0 Å². The molecule has 1 aromatic heterocycles. The van der Waals surface area contributed by atoms with Crippen LogP contribution >= 0.6 is 11.6 Å². The number of carbonyl (C=O) groups is 2. The van der Waals surface area contributed by atoms with Crippen LogP contribution in [-0.4, -0.2) is 65.5 Å². The molecule has 0 bridgehead atoms. The summed E-state index contributed by atoms with van der Waals surface area (Å²) in [5, 5.41) is 0.458. The second kappa shape index (κ2) is 8.69. The molecule has 8 heteroatoms. The number of ether oxygens (including phenoxy) is 1. The second-order valence-corrected chi connectivity index (χ2v) is 7.63. The van der Waals surface area contributed by atoms with Crippen molar-refractivity contribution in [2.24, 2.45) is 0 Å². The Hall–Kier alpha value is -2.80. The van der Waals surface area contributed by atoms with Crippen molar-refractivity contribution in [3.8, 4) is 5.75 Å². The number of anilines is 1. The number of hydrogen-bond acceptors (Lipinski definition) is 4. The van der Waals surface area contributed by atoms with E-state index < -0.39 is 0 Å². The van der Waals surface area contributed by atoms with Gasteiger partial charge in [0.25, 0.3) is 0 Å². The zero-order chi connectivity index (χ0) is 20.2. The lowest BCUT2D eigenvalue weighted by Gasteiger charge is -2.34. The number of urea groups is 1. The number of carbonyl (C=O) groups excluding carboxylic acids is 2. The van der Waals surface area contributed by atoms with E-state index in [4.69, 9.17) is 16.3 Å². The van der Waals surface area contributed by atoms with Crippen molar-refractivity contribution in [3.05, 3.63) is 53.8 Å². The molecule has 2 aromatic rings. The normalized spacial score (nSPS) is 19.6.